The molecule has 1 aliphatic rings. The molecular formula is C15H23ClN4S. The van der Waals surface area contributed by atoms with Gasteiger partial charge in [0.15, 0.2) is 0 Å². The van der Waals surface area contributed by atoms with Gasteiger partial charge in [0.2, 0.25) is 0 Å². The number of hydrogen-bond acceptors (Lipinski definition) is 4. The minimum absolute atomic E-state index is 0. The van der Waals surface area contributed by atoms with Crippen LogP contribution < -0.4 is 5.32 Å². The van der Waals surface area contributed by atoms with Crippen molar-refractivity contribution in [2.75, 3.05) is 19.6 Å². The smallest absolute Gasteiger partial charge is 0.127 e. The Balaban J connectivity index is 0.00000161. The third-order valence-corrected chi connectivity index (χ3v) is 5.04. The summed E-state index contributed by atoms with van der Waals surface area (Å²) in [6, 6.07) is 2.70. The van der Waals surface area contributed by atoms with Crippen molar-refractivity contribution in [3.05, 3.63) is 39.6 Å². The molecule has 1 unspecified atom stereocenters. The molecule has 1 fully saturated rings. The Bertz CT molecular complexity index is 592. The topological polar surface area (TPSA) is 33.1 Å². The number of nitrogens with one attached hydrogen (secondary N) is 1. The first kappa shape index (κ1) is 16.5. The number of piperazine rings is 1. The fourth-order valence-corrected chi connectivity index (χ4v) is 3.89. The van der Waals surface area contributed by atoms with Gasteiger partial charge in [-0.1, -0.05) is 0 Å². The highest BCUT2D eigenvalue weighted by Crippen LogP contribution is 2.27. The van der Waals surface area contributed by atoms with Crippen molar-refractivity contribution >= 4 is 23.7 Å². The monoisotopic (exact) mass is 326 g/mol. The number of imidazole rings is 1. The highest BCUT2D eigenvalue weighted by atomic mass is 35.5. The van der Waals surface area contributed by atoms with Gasteiger partial charge in [0.1, 0.15) is 5.82 Å². The molecule has 1 atom stereocenters. The van der Waals surface area contributed by atoms with Crippen molar-refractivity contribution in [1.82, 2.24) is 19.8 Å². The number of halogens is 1. The molecule has 1 N–H and O–H groups in total. The average Bonchev–Trinajstić information content (AvgIpc) is 2.97. The molecule has 0 aromatic carbocycles. The van der Waals surface area contributed by atoms with Gasteiger partial charge >= 0.3 is 0 Å². The van der Waals surface area contributed by atoms with Crippen LogP contribution in [0.25, 0.3) is 0 Å². The molecule has 0 bridgehead atoms. The second-order valence-electron chi connectivity index (χ2n) is 5.53. The van der Waals surface area contributed by atoms with Crippen molar-refractivity contribution in [2.45, 2.75) is 26.4 Å². The molecule has 0 radical (unpaired) electrons. The van der Waals surface area contributed by atoms with E-state index in [9.17, 15) is 0 Å². The largest absolute Gasteiger partial charge is 0.337 e. The zero-order valence-electron chi connectivity index (χ0n) is 12.8. The molecule has 116 valence electrons. The first-order valence-electron chi connectivity index (χ1n) is 7.13. The van der Waals surface area contributed by atoms with Gasteiger partial charge in [0, 0.05) is 55.4 Å². The molecule has 4 nitrogen and oxygen atoms in total. The molecule has 3 rings (SSSR count). The SMILES string of the molecule is Cc1cc(CN2CCNCC2c2nccn2C)c(C)s1.Cl. The van der Waals surface area contributed by atoms with Crippen LogP contribution in [0.15, 0.2) is 18.5 Å². The number of aryl methyl sites for hydroxylation is 3. The lowest BCUT2D eigenvalue weighted by molar-refractivity contribution is 0.144. The van der Waals surface area contributed by atoms with Gasteiger partial charge < -0.3 is 9.88 Å². The van der Waals surface area contributed by atoms with E-state index in [1.165, 1.54) is 15.3 Å². The van der Waals surface area contributed by atoms with E-state index in [0.29, 0.717) is 6.04 Å². The van der Waals surface area contributed by atoms with Gasteiger partial charge in [-0.3, -0.25) is 4.90 Å². The minimum Gasteiger partial charge on any atom is -0.337 e. The van der Waals surface area contributed by atoms with Crippen LogP contribution in [0, 0.1) is 13.8 Å². The normalized spacial score (nSPS) is 19.5. The van der Waals surface area contributed by atoms with Crippen LogP contribution in [0.4, 0.5) is 0 Å². The number of nitrogens with zero attached hydrogens (tertiary/aromatic N) is 3. The summed E-state index contributed by atoms with van der Waals surface area (Å²) in [5.74, 6) is 1.15. The van der Waals surface area contributed by atoms with Crippen LogP contribution in [-0.4, -0.2) is 34.1 Å². The zero-order chi connectivity index (χ0) is 14.1. The van der Waals surface area contributed by atoms with Crippen LogP contribution in [0.2, 0.25) is 0 Å². The van der Waals surface area contributed by atoms with Gasteiger partial charge in [-0.25, -0.2) is 4.98 Å². The van der Waals surface area contributed by atoms with E-state index in [-0.39, 0.29) is 12.4 Å². The summed E-state index contributed by atoms with van der Waals surface area (Å²) in [6.45, 7) is 8.55. The van der Waals surface area contributed by atoms with Gasteiger partial charge in [0.05, 0.1) is 6.04 Å². The summed E-state index contributed by atoms with van der Waals surface area (Å²) >= 11 is 1.90. The molecule has 6 heteroatoms. The minimum atomic E-state index is 0. The maximum Gasteiger partial charge on any atom is 0.127 e. The molecule has 1 aliphatic heterocycles. The Hall–Kier alpha value is -0.880. The molecular weight excluding hydrogens is 304 g/mol. The summed E-state index contributed by atoms with van der Waals surface area (Å²) < 4.78 is 2.14. The van der Waals surface area contributed by atoms with E-state index in [4.69, 9.17) is 0 Å². The number of rotatable bonds is 3. The van der Waals surface area contributed by atoms with Crippen molar-refractivity contribution in [1.29, 1.82) is 0 Å². The van der Waals surface area contributed by atoms with Crippen LogP contribution in [0.1, 0.15) is 27.2 Å². The fourth-order valence-electron chi connectivity index (χ4n) is 2.95. The highest BCUT2D eigenvalue weighted by Gasteiger charge is 2.27. The number of hydrogen-bond donors (Lipinski definition) is 1. The van der Waals surface area contributed by atoms with E-state index in [0.717, 1.165) is 32.0 Å². The quantitative estimate of drug-likeness (QED) is 0.941. The van der Waals surface area contributed by atoms with Gasteiger partial charge in [-0.05, 0) is 25.5 Å². The van der Waals surface area contributed by atoms with Gasteiger partial charge in [-0.2, -0.15) is 0 Å². The predicted octanol–water partition coefficient (Wildman–Crippen LogP) is 2.67. The highest BCUT2D eigenvalue weighted by molar-refractivity contribution is 7.12. The van der Waals surface area contributed by atoms with E-state index in [1.807, 2.05) is 23.7 Å². The molecule has 2 aromatic rings. The van der Waals surface area contributed by atoms with Crippen molar-refractivity contribution in [2.24, 2.45) is 7.05 Å². The number of thiophene rings is 1. The lowest BCUT2D eigenvalue weighted by Crippen LogP contribution is -2.46. The molecule has 0 spiro atoms. The Morgan fingerprint density at radius 1 is 1.43 bits per heavy atom. The number of aromatic nitrogens is 2. The zero-order valence-corrected chi connectivity index (χ0v) is 14.4. The fraction of sp³-hybridized carbons (Fsp3) is 0.533. The Kier molecular flexibility index (Phi) is 5.43. The standard InChI is InChI=1S/C15H22N4S.ClH/c1-11-8-13(12(2)20-11)10-19-7-4-16-9-14(19)15-17-5-6-18(15)3;/h5-6,8,14,16H,4,7,9-10H2,1-3H3;1H. The van der Waals surface area contributed by atoms with E-state index >= 15 is 0 Å². The van der Waals surface area contributed by atoms with Crippen LogP contribution in [0.3, 0.4) is 0 Å². The second kappa shape index (κ2) is 6.92. The van der Waals surface area contributed by atoms with E-state index < -0.39 is 0 Å². The van der Waals surface area contributed by atoms with Crippen molar-refractivity contribution < 1.29 is 0 Å². The third kappa shape index (κ3) is 3.48. The molecule has 0 aliphatic carbocycles. The summed E-state index contributed by atoms with van der Waals surface area (Å²) in [6.07, 6.45) is 3.92. The summed E-state index contributed by atoms with van der Waals surface area (Å²) in [4.78, 5) is 9.94. The first-order valence-corrected chi connectivity index (χ1v) is 7.94. The molecule has 1 saturated heterocycles. The summed E-state index contributed by atoms with van der Waals surface area (Å²) in [5.41, 5.74) is 1.47. The molecule has 0 amide bonds. The maximum absolute atomic E-state index is 4.54. The Morgan fingerprint density at radius 2 is 2.24 bits per heavy atom. The Labute approximate surface area is 136 Å². The average molecular weight is 327 g/mol. The lowest BCUT2D eigenvalue weighted by Gasteiger charge is -2.35. The molecule has 2 aromatic heterocycles. The summed E-state index contributed by atoms with van der Waals surface area (Å²) in [5, 5.41) is 3.49. The first-order chi connectivity index (χ1) is 9.65. The van der Waals surface area contributed by atoms with Crippen LogP contribution >= 0.6 is 23.7 Å². The molecule has 0 saturated carbocycles. The lowest BCUT2D eigenvalue weighted by atomic mass is 10.1. The van der Waals surface area contributed by atoms with Gasteiger partial charge in [0.25, 0.3) is 0 Å². The molecule has 21 heavy (non-hydrogen) atoms. The second-order valence-corrected chi connectivity index (χ2v) is 6.99. The third-order valence-electron chi connectivity index (χ3n) is 4.03. The van der Waals surface area contributed by atoms with Crippen molar-refractivity contribution in [3.8, 4) is 0 Å². The Morgan fingerprint density at radius 3 is 2.86 bits per heavy atom. The summed E-state index contributed by atoms with van der Waals surface area (Å²) in [7, 11) is 2.08. The maximum atomic E-state index is 4.54. The van der Waals surface area contributed by atoms with Crippen LogP contribution in [-0.2, 0) is 13.6 Å². The van der Waals surface area contributed by atoms with E-state index in [1.54, 1.807) is 0 Å². The predicted molar refractivity (Wildman–Crippen MR) is 90.3 cm³/mol. The van der Waals surface area contributed by atoms with Crippen molar-refractivity contribution in [3.63, 3.8) is 0 Å². The van der Waals surface area contributed by atoms with Gasteiger partial charge in [-0.15, -0.1) is 23.7 Å². The molecule has 3 heterocycles. The van der Waals surface area contributed by atoms with Crippen LogP contribution in [0.5, 0.6) is 0 Å². The van der Waals surface area contributed by atoms with E-state index in [2.05, 4.69) is 46.7 Å².